The number of anilines is 3. The van der Waals surface area contributed by atoms with Crippen LogP contribution in [-0.4, -0.2) is 52.4 Å². The van der Waals surface area contributed by atoms with Gasteiger partial charge in [0.15, 0.2) is 5.76 Å². The zero-order valence-electron chi connectivity index (χ0n) is 24.1. The van der Waals surface area contributed by atoms with Gasteiger partial charge in [-0.3, -0.25) is 10.3 Å². The number of ether oxygens (including phenoxy) is 1. The molecule has 2 N–H and O–H groups in total. The minimum absolute atomic E-state index is 0.326. The van der Waals surface area contributed by atoms with Crippen molar-refractivity contribution in [1.82, 2.24) is 20.1 Å². The number of hydrogen-bond acceptors (Lipinski definition) is 10. The number of methoxy groups -OCH3 is 1. The lowest BCUT2D eigenvalue weighted by atomic mass is 9.77. The summed E-state index contributed by atoms with van der Waals surface area (Å²) in [5, 5.41) is 10.3. The van der Waals surface area contributed by atoms with E-state index in [1.165, 1.54) is 45.6 Å². The Balaban J connectivity index is 1.07. The first-order valence-corrected chi connectivity index (χ1v) is 14.7. The van der Waals surface area contributed by atoms with Crippen molar-refractivity contribution in [3.8, 4) is 22.8 Å². The monoisotopic (exact) mass is 571 g/mol. The van der Waals surface area contributed by atoms with Crippen LogP contribution in [0, 0.1) is 18.8 Å². The standard InChI is InChI=1S/C31H37N7O4/c1-20-34-29(37-42-20)27-13-12-25(17-32-27)38-14-6-7-21(19-38)15-22-8-3-4-11-26(22)36-30-33-18-28(41-30)23-9-5-10-24(16-23)35-31(39)40-2/h5,9-10,12-13,16-18,21-22,26H,3-4,6-8,11,14-15,19H2,1-2H3,(H,33,36)(H,35,39)/t21-,22+,26-/m1/s1. The smallest absolute Gasteiger partial charge is 0.411 e. The number of pyridine rings is 1. The highest BCUT2D eigenvalue weighted by molar-refractivity contribution is 5.85. The number of amides is 1. The second-order valence-electron chi connectivity index (χ2n) is 11.3. The molecular formula is C31H37N7O4. The van der Waals surface area contributed by atoms with Crippen LogP contribution >= 0.6 is 0 Å². The van der Waals surface area contributed by atoms with Gasteiger partial charge in [0.2, 0.25) is 11.7 Å². The normalized spacial score (nSPS) is 20.7. The largest absolute Gasteiger partial charge is 0.453 e. The summed E-state index contributed by atoms with van der Waals surface area (Å²) in [7, 11) is 1.34. The van der Waals surface area contributed by atoms with Gasteiger partial charge in [0, 0.05) is 37.3 Å². The quantitative estimate of drug-likeness (QED) is 0.240. The van der Waals surface area contributed by atoms with Crippen LogP contribution in [0.5, 0.6) is 0 Å². The van der Waals surface area contributed by atoms with E-state index in [0.29, 0.717) is 47.1 Å². The predicted octanol–water partition coefficient (Wildman–Crippen LogP) is 6.55. The minimum Gasteiger partial charge on any atom is -0.453 e. The Labute approximate surface area is 245 Å². The zero-order chi connectivity index (χ0) is 28.9. The molecule has 6 rings (SSSR count). The van der Waals surface area contributed by atoms with Crippen LogP contribution in [0.4, 0.5) is 22.2 Å². The van der Waals surface area contributed by atoms with Gasteiger partial charge >= 0.3 is 6.09 Å². The molecule has 4 aromatic rings. The van der Waals surface area contributed by atoms with Crippen LogP contribution in [0.1, 0.15) is 50.8 Å². The molecule has 1 aliphatic carbocycles. The van der Waals surface area contributed by atoms with Crippen LogP contribution in [-0.2, 0) is 4.74 Å². The molecule has 3 atom stereocenters. The van der Waals surface area contributed by atoms with E-state index >= 15 is 0 Å². The van der Waals surface area contributed by atoms with Crippen LogP contribution in [0.15, 0.2) is 57.7 Å². The number of nitrogens with one attached hydrogen (secondary N) is 2. The Morgan fingerprint density at radius 1 is 1.10 bits per heavy atom. The predicted molar refractivity (Wildman–Crippen MR) is 159 cm³/mol. The minimum atomic E-state index is -0.512. The zero-order valence-corrected chi connectivity index (χ0v) is 24.1. The van der Waals surface area contributed by atoms with E-state index in [1.54, 1.807) is 19.2 Å². The summed E-state index contributed by atoms with van der Waals surface area (Å²) in [4.78, 5) is 27.5. The Morgan fingerprint density at radius 3 is 2.81 bits per heavy atom. The molecular weight excluding hydrogens is 534 g/mol. The van der Waals surface area contributed by atoms with Gasteiger partial charge < -0.3 is 23.9 Å². The number of carbonyl (C=O) groups is 1. The second kappa shape index (κ2) is 12.6. The van der Waals surface area contributed by atoms with Crippen LogP contribution < -0.4 is 15.5 Å². The summed E-state index contributed by atoms with van der Waals surface area (Å²) in [6.07, 6.45) is 11.5. The molecule has 11 heteroatoms. The van der Waals surface area contributed by atoms with Crippen molar-refractivity contribution in [2.45, 2.75) is 57.9 Å². The maximum atomic E-state index is 11.6. The van der Waals surface area contributed by atoms with E-state index in [-0.39, 0.29) is 0 Å². The molecule has 1 saturated heterocycles. The van der Waals surface area contributed by atoms with Gasteiger partial charge in [0.25, 0.3) is 6.01 Å². The molecule has 42 heavy (non-hydrogen) atoms. The van der Waals surface area contributed by atoms with Crippen molar-refractivity contribution < 1.29 is 18.5 Å². The van der Waals surface area contributed by atoms with E-state index in [0.717, 1.165) is 36.5 Å². The third kappa shape index (κ3) is 6.56. The lowest BCUT2D eigenvalue weighted by molar-refractivity contribution is 0.187. The maximum absolute atomic E-state index is 11.6. The van der Waals surface area contributed by atoms with E-state index < -0.39 is 6.09 Å². The molecule has 1 amide bonds. The van der Waals surface area contributed by atoms with Gasteiger partial charge in [-0.2, -0.15) is 4.98 Å². The third-order valence-corrected chi connectivity index (χ3v) is 8.33. The fourth-order valence-electron chi connectivity index (χ4n) is 6.26. The first-order chi connectivity index (χ1) is 20.5. The van der Waals surface area contributed by atoms with Crippen molar-refractivity contribution in [1.29, 1.82) is 0 Å². The number of oxazole rings is 1. The number of aromatic nitrogens is 4. The maximum Gasteiger partial charge on any atom is 0.411 e. The van der Waals surface area contributed by atoms with Gasteiger partial charge in [-0.25, -0.2) is 9.78 Å². The molecule has 0 bridgehead atoms. The number of nitrogens with zero attached hydrogens (tertiary/aromatic N) is 5. The van der Waals surface area contributed by atoms with E-state index in [1.807, 2.05) is 30.5 Å². The second-order valence-corrected chi connectivity index (χ2v) is 11.3. The molecule has 3 aromatic heterocycles. The number of aryl methyl sites for hydroxylation is 1. The number of rotatable bonds is 8. The van der Waals surface area contributed by atoms with Gasteiger partial charge in [-0.15, -0.1) is 0 Å². The summed E-state index contributed by atoms with van der Waals surface area (Å²) < 4.78 is 15.9. The summed E-state index contributed by atoms with van der Waals surface area (Å²) in [5.74, 6) is 2.89. The van der Waals surface area contributed by atoms with Gasteiger partial charge in [0.05, 0.1) is 25.2 Å². The van der Waals surface area contributed by atoms with Crippen LogP contribution in [0.3, 0.4) is 0 Å². The van der Waals surface area contributed by atoms with Crippen molar-refractivity contribution in [2.24, 2.45) is 11.8 Å². The lowest BCUT2D eigenvalue weighted by Crippen LogP contribution is -2.39. The number of carbonyl (C=O) groups excluding carboxylic acids is 1. The van der Waals surface area contributed by atoms with Crippen molar-refractivity contribution in [2.75, 3.05) is 35.7 Å². The highest BCUT2D eigenvalue weighted by atomic mass is 16.5. The molecule has 11 nitrogen and oxygen atoms in total. The molecule has 1 saturated carbocycles. The van der Waals surface area contributed by atoms with Gasteiger partial charge in [-0.1, -0.05) is 30.1 Å². The van der Waals surface area contributed by atoms with E-state index in [9.17, 15) is 4.79 Å². The lowest BCUT2D eigenvalue weighted by Gasteiger charge is -2.39. The third-order valence-electron chi connectivity index (χ3n) is 8.33. The topological polar surface area (TPSA) is 131 Å². The molecule has 220 valence electrons. The van der Waals surface area contributed by atoms with E-state index in [4.69, 9.17) is 13.7 Å². The number of piperidine rings is 1. The summed E-state index contributed by atoms with van der Waals surface area (Å²) in [6, 6.07) is 12.4. The molecule has 2 aliphatic rings. The number of benzene rings is 1. The fourth-order valence-corrected chi connectivity index (χ4v) is 6.26. The van der Waals surface area contributed by atoms with Crippen molar-refractivity contribution in [3.63, 3.8) is 0 Å². The van der Waals surface area contributed by atoms with E-state index in [2.05, 4.69) is 41.7 Å². The molecule has 1 aromatic carbocycles. The molecule has 0 spiro atoms. The Kier molecular flexibility index (Phi) is 8.34. The average Bonchev–Trinajstić information content (AvgIpc) is 3.68. The number of hydrogen-bond donors (Lipinski definition) is 2. The molecule has 0 radical (unpaired) electrons. The van der Waals surface area contributed by atoms with Gasteiger partial charge in [0.1, 0.15) is 5.69 Å². The molecule has 2 fully saturated rings. The Hall–Kier alpha value is -4.41. The fraction of sp³-hybridized carbons (Fsp3) is 0.452. The van der Waals surface area contributed by atoms with Crippen molar-refractivity contribution in [3.05, 3.63) is 54.7 Å². The first kappa shape index (κ1) is 27.7. The van der Waals surface area contributed by atoms with Gasteiger partial charge in [-0.05, 0) is 68.2 Å². The highest BCUT2D eigenvalue weighted by Gasteiger charge is 2.31. The Morgan fingerprint density at radius 2 is 2.00 bits per heavy atom. The summed E-state index contributed by atoms with van der Waals surface area (Å²) in [6.45, 7) is 3.85. The van der Waals surface area contributed by atoms with Crippen LogP contribution in [0.2, 0.25) is 0 Å². The highest BCUT2D eigenvalue weighted by Crippen LogP contribution is 2.36. The summed E-state index contributed by atoms with van der Waals surface area (Å²) in [5.41, 5.74) is 3.33. The molecule has 0 unspecified atom stereocenters. The Bertz CT molecular complexity index is 1480. The van der Waals surface area contributed by atoms with Crippen LogP contribution in [0.25, 0.3) is 22.8 Å². The molecule has 4 heterocycles. The SMILES string of the molecule is COC(=O)Nc1cccc(-c2cnc(N[C@@H]3CCCC[C@H]3C[C@H]3CCCN(c4ccc(-c5noc(C)n5)nc4)C3)o2)c1. The molecule has 1 aliphatic heterocycles. The summed E-state index contributed by atoms with van der Waals surface area (Å²) >= 11 is 0. The van der Waals surface area contributed by atoms with Crippen molar-refractivity contribution >= 4 is 23.5 Å². The first-order valence-electron chi connectivity index (χ1n) is 14.7. The average molecular weight is 572 g/mol.